The number of hydrogen-bond donors (Lipinski definition) is 0. The Labute approximate surface area is 94.7 Å². The molecule has 0 radical (unpaired) electrons. The SMILES string of the molecule is CC(Cl)c1nc(-c2ccc(Cl)s2)no1. The van der Waals surface area contributed by atoms with Crippen LogP contribution in [0, 0.1) is 0 Å². The fourth-order valence-electron chi connectivity index (χ4n) is 0.931. The first-order valence-electron chi connectivity index (χ1n) is 3.90. The van der Waals surface area contributed by atoms with E-state index in [1.54, 1.807) is 13.0 Å². The molecule has 1 unspecified atom stereocenters. The average molecular weight is 249 g/mol. The van der Waals surface area contributed by atoms with E-state index in [2.05, 4.69) is 10.1 Å². The quantitative estimate of drug-likeness (QED) is 0.761. The van der Waals surface area contributed by atoms with E-state index in [-0.39, 0.29) is 5.38 Å². The van der Waals surface area contributed by atoms with Crippen LogP contribution in [0.25, 0.3) is 10.7 Å². The van der Waals surface area contributed by atoms with E-state index < -0.39 is 0 Å². The third-order valence-corrected chi connectivity index (χ3v) is 2.99. The molecule has 0 aromatic carbocycles. The first kappa shape index (κ1) is 9.96. The van der Waals surface area contributed by atoms with Crippen LogP contribution < -0.4 is 0 Å². The molecule has 2 aromatic rings. The average Bonchev–Trinajstić information content (AvgIpc) is 2.70. The Morgan fingerprint density at radius 3 is 2.79 bits per heavy atom. The minimum absolute atomic E-state index is 0.272. The van der Waals surface area contributed by atoms with E-state index >= 15 is 0 Å². The molecule has 0 aliphatic heterocycles. The number of aromatic nitrogens is 2. The normalized spacial score (nSPS) is 13.1. The molecule has 14 heavy (non-hydrogen) atoms. The Morgan fingerprint density at radius 1 is 1.50 bits per heavy atom. The predicted octanol–water partition coefficient (Wildman–Crippen LogP) is 3.75. The van der Waals surface area contributed by atoms with Crippen molar-refractivity contribution in [3.63, 3.8) is 0 Å². The topological polar surface area (TPSA) is 38.9 Å². The Kier molecular flexibility index (Phi) is 2.76. The van der Waals surface area contributed by atoms with Gasteiger partial charge in [-0.1, -0.05) is 16.8 Å². The van der Waals surface area contributed by atoms with Gasteiger partial charge in [0, 0.05) is 0 Å². The first-order chi connectivity index (χ1) is 6.66. The van der Waals surface area contributed by atoms with Crippen LogP contribution in [0.1, 0.15) is 18.2 Å². The molecule has 74 valence electrons. The third kappa shape index (κ3) is 1.92. The number of alkyl halides is 1. The molecule has 0 aliphatic carbocycles. The zero-order valence-corrected chi connectivity index (χ0v) is 9.53. The molecular formula is C8H6Cl2N2OS. The van der Waals surface area contributed by atoms with Crippen LogP contribution in [0.2, 0.25) is 4.34 Å². The molecule has 0 N–H and O–H groups in total. The Balaban J connectivity index is 2.33. The molecule has 0 fully saturated rings. The predicted molar refractivity (Wildman–Crippen MR) is 56.9 cm³/mol. The molecule has 2 rings (SSSR count). The van der Waals surface area contributed by atoms with Gasteiger partial charge in [-0.25, -0.2) is 0 Å². The van der Waals surface area contributed by atoms with Gasteiger partial charge in [0.1, 0.15) is 5.38 Å². The summed E-state index contributed by atoms with van der Waals surface area (Å²) in [6.45, 7) is 1.78. The summed E-state index contributed by atoms with van der Waals surface area (Å²) >= 11 is 13.0. The van der Waals surface area contributed by atoms with Gasteiger partial charge < -0.3 is 4.52 Å². The lowest BCUT2D eigenvalue weighted by atomic mass is 10.4. The van der Waals surface area contributed by atoms with Crippen LogP contribution in [0.3, 0.4) is 0 Å². The maximum atomic E-state index is 5.79. The molecule has 2 aromatic heterocycles. The van der Waals surface area contributed by atoms with Gasteiger partial charge in [-0.05, 0) is 19.1 Å². The summed E-state index contributed by atoms with van der Waals surface area (Å²) in [6, 6.07) is 3.64. The zero-order chi connectivity index (χ0) is 10.1. The van der Waals surface area contributed by atoms with E-state index in [4.69, 9.17) is 27.7 Å². The maximum absolute atomic E-state index is 5.79. The van der Waals surface area contributed by atoms with E-state index in [1.807, 2.05) is 6.07 Å². The highest BCUT2D eigenvalue weighted by molar-refractivity contribution is 7.19. The molecule has 0 aliphatic rings. The number of halogens is 2. The van der Waals surface area contributed by atoms with Crippen molar-refractivity contribution in [2.45, 2.75) is 12.3 Å². The van der Waals surface area contributed by atoms with Crippen LogP contribution >= 0.6 is 34.5 Å². The summed E-state index contributed by atoms with van der Waals surface area (Å²) in [7, 11) is 0. The van der Waals surface area contributed by atoms with E-state index in [0.717, 1.165) is 4.88 Å². The fraction of sp³-hybridized carbons (Fsp3) is 0.250. The Hall–Kier alpha value is -0.580. The van der Waals surface area contributed by atoms with E-state index in [0.29, 0.717) is 16.1 Å². The van der Waals surface area contributed by atoms with Crippen LogP contribution in [-0.2, 0) is 0 Å². The highest BCUT2D eigenvalue weighted by atomic mass is 35.5. The molecule has 3 nitrogen and oxygen atoms in total. The van der Waals surface area contributed by atoms with Gasteiger partial charge in [0.05, 0.1) is 9.21 Å². The lowest BCUT2D eigenvalue weighted by molar-refractivity contribution is 0.379. The largest absolute Gasteiger partial charge is 0.337 e. The summed E-state index contributed by atoms with van der Waals surface area (Å²) < 4.78 is 5.66. The van der Waals surface area contributed by atoms with Crippen molar-refractivity contribution in [2.24, 2.45) is 0 Å². The van der Waals surface area contributed by atoms with Gasteiger partial charge in [0.2, 0.25) is 11.7 Å². The van der Waals surface area contributed by atoms with Crippen molar-refractivity contribution in [3.8, 4) is 10.7 Å². The number of nitrogens with zero attached hydrogens (tertiary/aromatic N) is 2. The number of hydrogen-bond acceptors (Lipinski definition) is 4. The van der Waals surface area contributed by atoms with Crippen molar-refractivity contribution in [1.29, 1.82) is 0 Å². The van der Waals surface area contributed by atoms with Crippen molar-refractivity contribution in [2.75, 3.05) is 0 Å². The second kappa shape index (κ2) is 3.88. The molecule has 1 atom stereocenters. The van der Waals surface area contributed by atoms with Gasteiger partial charge >= 0.3 is 0 Å². The van der Waals surface area contributed by atoms with Crippen LogP contribution in [0.5, 0.6) is 0 Å². The van der Waals surface area contributed by atoms with Gasteiger partial charge in [0.25, 0.3) is 0 Å². The van der Waals surface area contributed by atoms with Gasteiger partial charge in [0.15, 0.2) is 0 Å². The minimum Gasteiger partial charge on any atom is -0.337 e. The number of thiophene rings is 1. The highest BCUT2D eigenvalue weighted by Crippen LogP contribution is 2.30. The monoisotopic (exact) mass is 248 g/mol. The zero-order valence-electron chi connectivity index (χ0n) is 7.20. The maximum Gasteiger partial charge on any atom is 0.244 e. The van der Waals surface area contributed by atoms with Crippen LogP contribution in [0.15, 0.2) is 16.7 Å². The Morgan fingerprint density at radius 2 is 2.29 bits per heavy atom. The van der Waals surface area contributed by atoms with E-state index in [9.17, 15) is 0 Å². The molecule has 0 amide bonds. The second-order valence-corrected chi connectivity index (χ2v) is 5.05. The van der Waals surface area contributed by atoms with Crippen molar-refractivity contribution >= 4 is 34.5 Å². The van der Waals surface area contributed by atoms with Crippen molar-refractivity contribution in [3.05, 3.63) is 22.4 Å². The van der Waals surface area contributed by atoms with E-state index in [1.165, 1.54) is 11.3 Å². The summed E-state index contributed by atoms with van der Waals surface area (Å²) in [5.41, 5.74) is 0. The fourth-order valence-corrected chi connectivity index (χ4v) is 1.99. The lowest BCUT2D eigenvalue weighted by Gasteiger charge is -1.89. The van der Waals surface area contributed by atoms with Crippen molar-refractivity contribution in [1.82, 2.24) is 10.1 Å². The smallest absolute Gasteiger partial charge is 0.244 e. The molecule has 0 saturated heterocycles. The standard InChI is InChI=1S/C8H6Cl2N2OS/c1-4(9)8-11-7(12-13-8)5-2-3-6(10)14-5/h2-4H,1H3. The summed E-state index contributed by atoms with van der Waals surface area (Å²) in [5, 5.41) is 3.53. The minimum atomic E-state index is -0.272. The van der Waals surface area contributed by atoms with Crippen LogP contribution in [-0.4, -0.2) is 10.1 Å². The Bertz CT molecular complexity index is 438. The van der Waals surface area contributed by atoms with Crippen molar-refractivity contribution < 1.29 is 4.52 Å². The second-order valence-electron chi connectivity index (χ2n) is 2.68. The lowest BCUT2D eigenvalue weighted by Crippen LogP contribution is -1.82. The molecule has 6 heteroatoms. The number of rotatable bonds is 2. The summed E-state index contributed by atoms with van der Waals surface area (Å²) in [5.74, 6) is 0.954. The molecule has 0 spiro atoms. The van der Waals surface area contributed by atoms with Gasteiger partial charge in [-0.15, -0.1) is 22.9 Å². The summed E-state index contributed by atoms with van der Waals surface area (Å²) in [6.07, 6.45) is 0. The summed E-state index contributed by atoms with van der Waals surface area (Å²) in [4.78, 5) is 5.01. The molecular weight excluding hydrogens is 243 g/mol. The third-order valence-electron chi connectivity index (χ3n) is 1.58. The highest BCUT2D eigenvalue weighted by Gasteiger charge is 2.13. The van der Waals surface area contributed by atoms with Crippen LogP contribution in [0.4, 0.5) is 0 Å². The molecule has 0 saturated carbocycles. The van der Waals surface area contributed by atoms with Gasteiger partial charge in [-0.2, -0.15) is 4.98 Å². The first-order valence-corrected chi connectivity index (χ1v) is 5.53. The molecule has 2 heterocycles. The molecule has 0 bridgehead atoms. The van der Waals surface area contributed by atoms with Gasteiger partial charge in [-0.3, -0.25) is 0 Å².